The molecular formula is C20H16N2O. The highest BCUT2D eigenvalue weighted by Crippen LogP contribution is 2.33. The predicted octanol–water partition coefficient (Wildman–Crippen LogP) is 4.20. The number of nitrogens with one attached hydrogen (secondary N) is 1. The number of aryl methyl sites for hydroxylation is 1. The number of nitrogens with zero attached hydrogens (tertiary/aromatic N) is 1. The largest absolute Gasteiger partial charge is 0.354 e. The van der Waals surface area contributed by atoms with Crippen LogP contribution in [0.3, 0.4) is 0 Å². The van der Waals surface area contributed by atoms with Gasteiger partial charge in [-0.25, -0.2) is 0 Å². The highest BCUT2D eigenvalue weighted by molar-refractivity contribution is 6.00. The molecule has 0 bridgehead atoms. The molecule has 23 heavy (non-hydrogen) atoms. The van der Waals surface area contributed by atoms with Crippen molar-refractivity contribution in [2.75, 3.05) is 5.32 Å². The van der Waals surface area contributed by atoms with Crippen LogP contribution in [0.4, 0.5) is 5.69 Å². The highest BCUT2D eigenvalue weighted by Gasteiger charge is 2.19. The van der Waals surface area contributed by atoms with Crippen molar-refractivity contribution in [1.29, 1.82) is 0 Å². The lowest BCUT2D eigenvalue weighted by Gasteiger charge is -2.22. The number of aldehydes is 1. The fraction of sp³-hybridized carbons (Fsp3) is 0.100. The molecule has 1 aliphatic carbocycles. The second-order valence-corrected chi connectivity index (χ2v) is 5.68. The van der Waals surface area contributed by atoms with Crippen LogP contribution in [0.15, 0.2) is 66.4 Å². The number of hydrogen-bond acceptors (Lipinski definition) is 3. The molecule has 2 aromatic carbocycles. The van der Waals surface area contributed by atoms with E-state index in [4.69, 9.17) is 0 Å². The zero-order chi connectivity index (χ0) is 15.6. The minimum atomic E-state index is 0.770. The molecule has 0 fully saturated rings. The van der Waals surface area contributed by atoms with Gasteiger partial charge < -0.3 is 5.32 Å². The first-order valence-corrected chi connectivity index (χ1v) is 7.74. The molecule has 1 N–H and O–H groups in total. The van der Waals surface area contributed by atoms with E-state index in [2.05, 4.69) is 22.4 Å². The fourth-order valence-corrected chi connectivity index (χ4v) is 3.16. The first-order chi connectivity index (χ1) is 11.4. The van der Waals surface area contributed by atoms with Crippen molar-refractivity contribution in [2.24, 2.45) is 0 Å². The minimum absolute atomic E-state index is 0.770. The van der Waals surface area contributed by atoms with Crippen molar-refractivity contribution >= 4 is 28.6 Å². The summed E-state index contributed by atoms with van der Waals surface area (Å²) in [6.07, 6.45) is 4.44. The van der Waals surface area contributed by atoms with Gasteiger partial charge in [0.25, 0.3) is 0 Å². The molecule has 4 rings (SSSR count). The van der Waals surface area contributed by atoms with Crippen molar-refractivity contribution < 1.29 is 4.79 Å². The Morgan fingerprint density at radius 3 is 2.78 bits per heavy atom. The molecule has 0 saturated heterocycles. The van der Waals surface area contributed by atoms with Crippen LogP contribution in [-0.2, 0) is 11.2 Å². The average molecular weight is 300 g/mol. The number of carbonyl (C=O) groups is 1. The number of carbonyl (C=O) groups excluding carboxylic acids is 1. The van der Waals surface area contributed by atoms with Gasteiger partial charge in [0, 0.05) is 28.4 Å². The lowest BCUT2D eigenvalue weighted by Crippen LogP contribution is -2.12. The number of anilines is 1. The summed E-state index contributed by atoms with van der Waals surface area (Å²) in [5.74, 6) is 0. The Labute approximate surface area is 134 Å². The summed E-state index contributed by atoms with van der Waals surface area (Å²) >= 11 is 0. The minimum Gasteiger partial charge on any atom is -0.354 e. The number of fused-ring (bicyclic) bond motifs is 2. The maximum Gasteiger partial charge on any atom is 0.148 e. The first-order valence-electron chi connectivity index (χ1n) is 7.74. The number of aromatic nitrogens is 1. The van der Waals surface area contributed by atoms with Gasteiger partial charge in [0.05, 0.1) is 11.2 Å². The normalized spacial score (nSPS) is 13.7. The van der Waals surface area contributed by atoms with Crippen LogP contribution in [-0.4, -0.2) is 11.3 Å². The van der Waals surface area contributed by atoms with Crippen molar-refractivity contribution in [3.63, 3.8) is 0 Å². The molecule has 0 radical (unpaired) electrons. The van der Waals surface area contributed by atoms with Crippen LogP contribution in [0.1, 0.15) is 17.5 Å². The Morgan fingerprint density at radius 1 is 0.957 bits per heavy atom. The Hall–Kier alpha value is -2.94. The number of hydrogen-bond donors (Lipinski definition) is 1. The summed E-state index contributed by atoms with van der Waals surface area (Å²) in [5.41, 5.74) is 6.04. The smallest absolute Gasteiger partial charge is 0.148 e. The molecule has 0 aliphatic heterocycles. The van der Waals surface area contributed by atoms with Gasteiger partial charge >= 0.3 is 0 Å². The van der Waals surface area contributed by atoms with Crippen molar-refractivity contribution in [3.05, 3.63) is 77.5 Å². The standard InChI is InChI=1S/C20H16N2O/c23-13-15-11-10-14-5-1-2-6-16(14)20(15)22-19-9-3-8-18-17(19)7-4-12-21-18/h1-9,12-13,22H,10-11H2. The van der Waals surface area contributed by atoms with E-state index in [-0.39, 0.29) is 0 Å². The van der Waals surface area contributed by atoms with E-state index in [1.54, 1.807) is 6.20 Å². The third-order valence-corrected chi connectivity index (χ3v) is 4.32. The van der Waals surface area contributed by atoms with Crippen LogP contribution >= 0.6 is 0 Å². The Bertz CT molecular complexity index is 922. The molecular weight excluding hydrogens is 284 g/mol. The average Bonchev–Trinajstić information content (AvgIpc) is 2.62. The summed E-state index contributed by atoms with van der Waals surface area (Å²) in [4.78, 5) is 15.9. The van der Waals surface area contributed by atoms with Crippen LogP contribution in [0.5, 0.6) is 0 Å². The molecule has 3 heteroatoms. The molecule has 0 saturated carbocycles. The summed E-state index contributed by atoms with van der Waals surface area (Å²) < 4.78 is 0. The topological polar surface area (TPSA) is 42.0 Å². The number of benzene rings is 2. The molecule has 1 aromatic heterocycles. The Kier molecular flexibility index (Phi) is 3.39. The molecule has 112 valence electrons. The van der Waals surface area contributed by atoms with E-state index in [0.29, 0.717) is 0 Å². The summed E-state index contributed by atoms with van der Waals surface area (Å²) in [7, 11) is 0. The fourth-order valence-electron chi connectivity index (χ4n) is 3.16. The number of rotatable bonds is 3. The lowest BCUT2D eigenvalue weighted by atomic mass is 9.89. The third kappa shape index (κ3) is 2.40. The van der Waals surface area contributed by atoms with Gasteiger partial charge in [0.15, 0.2) is 0 Å². The van der Waals surface area contributed by atoms with Crippen LogP contribution < -0.4 is 5.32 Å². The highest BCUT2D eigenvalue weighted by atomic mass is 16.1. The maximum atomic E-state index is 11.5. The molecule has 3 nitrogen and oxygen atoms in total. The van der Waals surface area contributed by atoms with Crippen molar-refractivity contribution in [2.45, 2.75) is 12.8 Å². The summed E-state index contributed by atoms with van der Waals surface area (Å²) in [6, 6.07) is 18.2. The van der Waals surface area contributed by atoms with Crippen LogP contribution in [0, 0.1) is 0 Å². The third-order valence-electron chi connectivity index (χ3n) is 4.32. The van der Waals surface area contributed by atoms with E-state index in [1.165, 1.54) is 5.56 Å². The van der Waals surface area contributed by atoms with E-state index >= 15 is 0 Å². The van der Waals surface area contributed by atoms with Crippen LogP contribution in [0.25, 0.3) is 16.6 Å². The van der Waals surface area contributed by atoms with E-state index in [1.807, 2.05) is 42.5 Å². The van der Waals surface area contributed by atoms with Gasteiger partial charge in [-0.2, -0.15) is 0 Å². The monoisotopic (exact) mass is 300 g/mol. The maximum absolute atomic E-state index is 11.5. The zero-order valence-electron chi connectivity index (χ0n) is 12.6. The number of pyridine rings is 1. The van der Waals surface area contributed by atoms with Gasteiger partial charge in [0.1, 0.15) is 6.29 Å². The first kappa shape index (κ1) is 13.7. The predicted molar refractivity (Wildman–Crippen MR) is 93.1 cm³/mol. The molecule has 0 amide bonds. The van der Waals surface area contributed by atoms with Gasteiger partial charge in [0.2, 0.25) is 0 Å². The Morgan fingerprint density at radius 2 is 1.87 bits per heavy atom. The summed E-state index contributed by atoms with van der Waals surface area (Å²) in [6.45, 7) is 0. The van der Waals surface area contributed by atoms with E-state index < -0.39 is 0 Å². The van der Waals surface area contributed by atoms with Gasteiger partial charge in [-0.05, 0) is 42.7 Å². The van der Waals surface area contributed by atoms with Crippen molar-refractivity contribution in [1.82, 2.24) is 4.98 Å². The molecule has 3 aromatic rings. The quantitative estimate of drug-likeness (QED) is 0.737. The summed E-state index contributed by atoms with van der Waals surface area (Å²) in [5, 5.41) is 4.54. The number of allylic oxidation sites excluding steroid dienone is 1. The molecule has 1 aliphatic rings. The Balaban J connectivity index is 1.85. The SMILES string of the molecule is O=CC1=C(Nc2cccc3ncccc23)c2ccccc2CC1. The van der Waals surface area contributed by atoms with Gasteiger partial charge in [-0.15, -0.1) is 0 Å². The van der Waals surface area contributed by atoms with Gasteiger partial charge in [-0.1, -0.05) is 30.3 Å². The van der Waals surface area contributed by atoms with E-state index in [0.717, 1.165) is 52.6 Å². The van der Waals surface area contributed by atoms with Crippen molar-refractivity contribution in [3.8, 4) is 0 Å². The molecule has 0 spiro atoms. The lowest BCUT2D eigenvalue weighted by molar-refractivity contribution is -0.105. The zero-order valence-corrected chi connectivity index (χ0v) is 12.6. The molecule has 0 unspecified atom stereocenters. The second kappa shape index (κ2) is 5.69. The van der Waals surface area contributed by atoms with Crippen LogP contribution in [0.2, 0.25) is 0 Å². The van der Waals surface area contributed by atoms with Gasteiger partial charge in [-0.3, -0.25) is 9.78 Å². The molecule has 1 heterocycles. The molecule has 0 atom stereocenters. The second-order valence-electron chi connectivity index (χ2n) is 5.68. The van der Waals surface area contributed by atoms with E-state index in [9.17, 15) is 4.79 Å².